The Balaban J connectivity index is 2.46. The topological polar surface area (TPSA) is 116 Å². The Kier molecular flexibility index (Phi) is 3.65. The van der Waals surface area contributed by atoms with Crippen LogP contribution < -0.4 is 0 Å². The predicted molar refractivity (Wildman–Crippen MR) is 44.0 cm³/mol. The van der Waals surface area contributed by atoms with Crippen LogP contribution in [-0.4, -0.2) is 44.9 Å². The number of aliphatic hydroxyl groups excluding tert-OH is 2. The van der Waals surface area contributed by atoms with Gasteiger partial charge < -0.3 is 24.7 Å². The summed E-state index contributed by atoms with van der Waals surface area (Å²) < 4.78 is 19.2. The monoisotopic (exact) mass is 226 g/mol. The molecule has 1 rings (SSSR count). The average Bonchev–Trinajstić information content (AvgIpc) is 2.06. The van der Waals surface area contributed by atoms with Crippen LogP contribution in [0, 0.1) is 0 Å². The molecule has 0 spiro atoms. The van der Waals surface area contributed by atoms with E-state index < -0.39 is 32.7 Å². The molecule has 0 aliphatic carbocycles. The summed E-state index contributed by atoms with van der Waals surface area (Å²) >= 11 is 0. The lowest BCUT2D eigenvalue weighted by Crippen LogP contribution is -2.42. The molecule has 8 heteroatoms. The van der Waals surface area contributed by atoms with Gasteiger partial charge in [-0.3, -0.25) is 4.52 Å². The minimum atomic E-state index is -4.58. The van der Waals surface area contributed by atoms with Gasteiger partial charge in [-0.2, -0.15) is 0 Å². The van der Waals surface area contributed by atoms with Crippen LogP contribution >= 0.6 is 7.82 Å². The maximum Gasteiger partial charge on any atom is 0.469 e. The normalized spacial score (nSPS) is 32.7. The first kappa shape index (κ1) is 11.6. The van der Waals surface area contributed by atoms with Crippen LogP contribution in [0.4, 0.5) is 0 Å². The fourth-order valence-corrected chi connectivity index (χ4v) is 1.29. The minimum Gasteiger partial charge on any atom is -0.493 e. The quantitative estimate of drug-likeness (QED) is 0.443. The molecule has 0 aromatic rings. The first-order chi connectivity index (χ1) is 6.40. The lowest BCUT2D eigenvalue weighted by Gasteiger charge is -2.28. The third kappa shape index (κ3) is 3.38. The van der Waals surface area contributed by atoms with Crippen molar-refractivity contribution in [3.05, 3.63) is 12.3 Å². The van der Waals surface area contributed by atoms with E-state index in [1.165, 1.54) is 6.08 Å². The van der Waals surface area contributed by atoms with E-state index in [2.05, 4.69) is 4.52 Å². The van der Waals surface area contributed by atoms with Gasteiger partial charge >= 0.3 is 7.82 Å². The molecule has 0 aromatic heterocycles. The Bertz CT molecular complexity index is 259. The summed E-state index contributed by atoms with van der Waals surface area (Å²) in [6.45, 7) is -0.493. The highest BCUT2D eigenvalue weighted by molar-refractivity contribution is 7.46. The van der Waals surface area contributed by atoms with Crippen LogP contribution in [0.1, 0.15) is 0 Å². The Morgan fingerprint density at radius 2 is 2.07 bits per heavy atom. The fourth-order valence-electron chi connectivity index (χ4n) is 0.949. The molecule has 7 nitrogen and oxygen atoms in total. The molecule has 1 aliphatic rings. The Labute approximate surface area is 79.8 Å². The van der Waals surface area contributed by atoms with E-state index in [1.807, 2.05) is 0 Å². The third-order valence-corrected chi connectivity index (χ3v) is 2.15. The summed E-state index contributed by atoms with van der Waals surface area (Å²) in [5, 5.41) is 18.4. The van der Waals surface area contributed by atoms with E-state index in [0.29, 0.717) is 0 Å². The molecule has 14 heavy (non-hydrogen) atoms. The smallest absolute Gasteiger partial charge is 0.469 e. The van der Waals surface area contributed by atoms with Crippen molar-refractivity contribution in [1.82, 2.24) is 0 Å². The van der Waals surface area contributed by atoms with E-state index in [1.54, 1.807) is 0 Å². The average molecular weight is 226 g/mol. The highest BCUT2D eigenvalue weighted by atomic mass is 31.2. The lowest BCUT2D eigenvalue weighted by molar-refractivity contribution is -0.0797. The molecule has 1 heterocycles. The van der Waals surface area contributed by atoms with Crippen LogP contribution in [0.3, 0.4) is 0 Å². The standard InChI is InChI=1S/C6H11O7P/c7-4-1-2-12-5(6(4)8)3-13-14(9,10)11/h1-2,4-8H,3H2,(H2,9,10,11)/t4-,5-,6+/m1/s1. The molecule has 0 saturated carbocycles. The zero-order valence-electron chi connectivity index (χ0n) is 7.05. The van der Waals surface area contributed by atoms with Crippen molar-refractivity contribution in [3.8, 4) is 0 Å². The van der Waals surface area contributed by atoms with E-state index in [-0.39, 0.29) is 0 Å². The first-order valence-electron chi connectivity index (χ1n) is 3.78. The van der Waals surface area contributed by atoms with E-state index in [4.69, 9.17) is 19.6 Å². The highest BCUT2D eigenvalue weighted by Gasteiger charge is 2.31. The predicted octanol–water partition coefficient (Wildman–Crippen LogP) is -1.27. The van der Waals surface area contributed by atoms with Crippen LogP contribution in [0.2, 0.25) is 0 Å². The van der Waals surface area contributed by atoms with Crippen molar-refractivity contribution in [2.75, 3.05) is 6.61 Å². The molecule has 4 N–H and O–H groups in total. The van der Waals surface area contributed by atoms with Gasteiger partial charge in [0.1, 0.15) is 12.2 Å². The van der Waals surface area contributed by atoms with Crippen LogP contribution in [0.5, 0.6) is 0 Å². The molecule has 1 aliphatic heterocycles. The molecule has 0 unspecified atom stereocenters. The summed E-state index contributed by atoms with van der Waals surface area (Å²) in [6, 6.07) is 0. The lowest BCUT2D eigenvalue weighted by atomic mass is 10.1. The Hall–Kier alpha value is -0.430. The number of phosphoric ester groups is 1. The van der Waals surface area contributed by atoms with Gasteiger partial charge in [0.15, 0.2) is 6.10 Å². The second-order valence-electron chi connectivity index (χ2n) is 2.77. The number of ether oxygens (including phenoxy) is 1. The van der Waals surface area contributed by atoms with Gasteiger partial charge in [0, 0.05) is 0 Å². The number of phosphoric acid groups is 1. The molecular formula is C6H11O7P. The molecule has 0 bridgehead atoms. The third-order valence-electron chi connectivity index (χ3n) is 1.67. The van der Waals surface area contributed by atoms with Gasteiger partial charge in [0.05, 0.1) is 12.9 Å². The van der Waals surface area contributed by atoms with Crippen molar-refractivity contribution < 1.29 is 33.8 Å². The van der Waals surface area contributed by atoms with Gasteiger partial charge in [-0.15, -0.1) is 0 Å². The maximum atomic E-state index is 10.3. The molecule has 0 saturated heterocycles. The molecule has 3 atom stereocenters. The summed E-state index contributed by atoms with van der Waals surface area (Å²) in [7, 11) is -4.58. The van der Waals surface area contributed by atoms with Crippen molar-refractivity contribution in [3.63, 3.8) is 0 Å². The fraction of sp³-hybridized carbons (Fsp3) is 0.667. The van der Waals surface area contributed by atoms with Gasteiger partial charge in [0.2, 0.25) is 0 Å². The van der Waals surface area contributed by atoms with Crippen molar-refractivity contribution in [2.45, 2.75) is 18.3 Å². The number of rotatable bonds is 3. The van der Waals surface area contributed by atoms with Crippen molar-refractivity contribution in [1.29, 1.82) is 0 Å². The Morgan fingerprint density at radius 3 is 2.64 bits per heavy atom. The zero-order chi connectivity index (χ0) is 10.8. The van der Waals surface area contributed by atoms with Gasteiger partial charge in [0.25, 0.3) is 0 Å². The van der Waals surface area contributed by atoms with Crippen LogP contribution in [0.25, 0.3) is 0 Å². The number of hydrogen-bond acceptors (Lipinski definition) is 5. The van der Waals surface area contributed by atoms with Crippen LogP contribution in [-0.2, 0) is 13.8 Å². The van der Waals surface area contributed by atoms with Gasteiger partial charge in [-0.25, -0.2) is 4.57 Å². The van der Waals surface area contributed by atoms with Crippen LogP contribution in [0.15, 0.2) is 12.3 Å². The number of hydrogen-bond donors (Lipinski definition) is 4. The summed E-state index contributed by atoms with van der Waals surface area (Å²) in [6.07, 6.45) is -0.993. The van der Waals surface area contributed by atoms with E-state index in [0.717, 1.165) is 6.26 Å². The molecule has 82 valence electrons. The largest absolute Gasteiger partial charge is 0.493 e. The first-order valence-corrected chi connectivity index (χ1v) is 5.31. The van der Waals surface area contributed by atoms with Gasteiger partial charge in [-0.05, 0) is 6.08 Å². The molecule has 0 fully saturated rings. The van der Waals surface area contributed by atoms with E-state index >= 15 is 0 Å². The SMILES string of the molecule is O=P(O)(O)OC[C@H]1OC=C[C@@H](O)[C@@H]1O. The van der Waals surface area contributed by atoms with Gasteiger partial charge in [-0.1, -0.05) is 0 Å². The second-order valence-corrected chi connectivity index (χ2v) is 4.01. The minimum absolute atomic E-state index is 0.493. The summed E-state index contributed by atoms with van der Waals surface area (Å²) in [4.78, 5) is 16.7. The number of aliphatic hydroxyl groups is 2. The van der Waals surface area contributed by atoms with E-state index in [9.17, 15) is 9.67 Å². The summed E-state index contributed by atoms with van der Waals surface area (Å²) in [5.41, 5.74) is 0. The molecular weight excluding hydrogens is 215 g/mol. The second kappa shape index (κ2) is 4.39. The molecule has 0 aromatic carbocycles. The zero-order valence-corrected chi connectivity index (χ0v) is 7.95. The Morgan fingerprint density at radius 1 is 1.43 bits per heavy atom. The highest BCUT2D eigenvalue weighted by Crippen LogP contribution is 2.36. The maximum absolute atomic E-state index is 10.3. The van der Waals surface area contributed by atoms with Crippen molar-refractivity contribution in [2.24, 2.45) is 0 Å². The molecule has 0 amide bonds. The summed E-state index contributed by atoms with van der Waals surface area (Å²) in [5.74, 6) is 0. The van der Waals surface area contributed by atoms with Crippen molar-refractivity contribution >= 4 is 7.82 Å². The molecule has 0 radical (unpaired) electrons.